The molecule has 1 aromatic heterocycles. The van der Waals surface area contributed by atoms with E-state index < -0.39 is 20.9 Å². The smallest absolute Gasteiger partial charge is 0.269 e. The van der Waals surface area contributed by atoms with Crippen LogP contribution >= 0.6 is 0 Å². The number of nitro groups is 1. The maximum Gasteiger partial charge on any atom is 0.269 e. The van der Waals surface area contributed by atoms with E-state index >= 15 is 0 Å². The van der Waals surface area contributed by atoms with Gasteiger partial charge in [0, 0.05) is 12.1 Å². The van der Waals surface area contributed by atoms with Crippen molar-refractivity contribution in [3.8, 4) is 0 Å². The lowest BCUT2D eigenvalue weighted by Crippen LogP contribution is -2.18. The van der Waals surface area contributed by atoms with Gasteiger partial charge in [0.1, 0.15) is 11.4 Å². The molecular weight excluding hydrogens is 302 g/mol. The predicted molar refractivity (Wildman–Crippen MR) is 71.0 cm³/mol. The summed E-state index contributed by atoms with van der Waals surface area (Å²) in [7, 11) is -4.03. The number of nitrogens with zero attached hydrogens (tertiary/aromatic N) is 2. The second-order valence-corrected chi connectivity index (χ2v) is 5.56. The van der Waals surface area contributed by atoms with Gasteiger partial charge in [0.05, 0.1) is 16.0 Å². The van der Waals surface area contributed by atoms with Crippen molar-refractivity contribution in [1.29, 1.82) is 0 Å². The number of amides is 1. The third kappa shape index (κ3) is 2.97. The van der Waals surface area contributed by atoms with Gasteiger partial charge >= 0.3 is 0 Å². The molecule has 2 aromatic rings. The van der Waals surface area contributed by atoms with Gasteiger partial charge < -0.3 is 5.73 Å². The summed E-state index contributed by atoms with van der Waals surface area (Å²) in [6.07, 6.45) is 1.08. The van der Waals surface area contributed by atoms with E-state index in [0.717, 1.165) is 30.5 Å². The van der Waals surface area contributed by atoms with E-state index in [1.165, 1.54) is 0 Å². The molecule has 0 saturated heterocycles. The van der Waals surface area contributed by atoms with Gasteiger partial charge in [0.2, 0.25) is 0 Å². The number of hydrogen-bond acceptors (Lipinski definition) is 6. The van der Waals surface area contributed by atoms with Crippen molar-refractivity contribution in [2.75, 3.05) is 4.72 Å². The Bertz CT molecular complexity index is 796. The molecule has 0 aliphatic rings. The third-order valence-corrected chi connectivity index (χ3v) is 3.86. The number of nitrogens with one attached hydrogen (secondary N) is 2. The number of aromatic nitrogens is 2. The van der Waals surface area contributed by atoms with Crippen LogP contribution in [0.5, 0.6) is 0 Å². The van der Waals surface area contributed by atoms with E-state index in [2.05, 4.69) is 14.9 Å². The van der Waals surface area contributed by atoms with Crippen LogP contribution < -0.4 is 10.5 Å². The molecule has 11 heteroatoms. The molecule has 0 unspecified atom stereocenters. The van der Waals surface area contributed by atoms with Crippen molar-refractivity contribution >= 4 is 27.4 Å². The lowest BCUT2D eigenvalue weighted by Gasteiger charge is -2.06. The normalized spacial score (nSPS) is 11.0. The molecule has 0 aliphatic carbocycles. The summed E-state index contributed by atoms with van der Waals surface area (Å²) in [6, 6.07) is 4.24. The van der Waals surface area contributed by atoms with Crippen molar-refractivity contribution in [2.45, 2.75) is 4.90 Å². The van der Waals surface area contributed by atoms with Gasteiger partial charge in [0.15, 0.2) is 0 Å². The molecule has 2 rings (SSSR count). The number of H-pyrrole nitrogens is 1. The second kappa shape index (κ2) is 5.20. The van der Waals surface area contributed by atoms with Crippen LogP contribution in [0.1, 0.15) is 10.4 Å². The summed E-state index contributed by atoms with van der Waals surface area (Å²) < 4.78 is 26.2. The number of non-ortho nitro benzene ring substituents is 1. The predicted octanol–water partition coefficient (Wildman–Crippen LogP) is 0.218. The first-order valence-corrected chi connectivity index (χ1v) is 6.90. The Kier molecular flexibility index (Phi) is 3.58. The molecule has 0 bridgehead atoms. The van der Waals surface area contributed by atoms with E-state index in [1.807, 2.05) is 0 Å². The molecule has 0 radical (unpaired) electrons. The van der Waals surface area contributed by atoms with Crippen LogP contribution in [0.4, 0.5) is 11.5 Å². The highest BCUT2D eigenvalue weighted by molar-refractivity contribution is 7.92. The number of aromatic amines is 1. The zero-order chi connectivity index (χ0) is 15.6. The maximum absolute atomic E-state index is 12.1. The summed E-state index contributed by atoms with van der Waals surface area (Å²) in [5.74, 6) is -1.04. The van der Waals surface area contributed by atoms with Crippen LogP contribution in [0, 0.1) is 10.1 Å². The van der Waals surface area contributed by atoms with Crippen molar-refractivity contribution in [1.82, 2.24) is 10.2 Å². The van der Waals surface area contributed by atoms with Crippen molar-refractivity contribution in [2.24, 2.45) is 5.73 Å². The number of primary amides is 1. The van der Waals surface area contributed by atoms with Gasteiger partial charge in [-0.2, -0.15) is 5.10 Å². The highest BCUT2D eigenvalue weighted by Crippen LogP contribution is 2.19. The van der Waals surface area contributed by atoms with Crippen LogP contribution in [0.2, 0.25) is 0 Å². The first-order chi connectivity index (χ1) is 9.81. The van der Waals surface area contributed by atoms with E-state index in [-0.39, 0.29) is 22.0 Å². The summed E-state index contributed by atoms with van der Waals surface area (Å²) in [5.41, 5.74) is 4.69. The first kappa shape index (κ1) is 14.5. The molecule has 10 nitrogen and oxygen atoms in total. The SMILES string of the molecule is NC(=O)c1cn[nH]c1NS(=O)(=O)c1ccc([N+](=O)[O-])cc1. The number of benzene rings is 1. The highest BCUT2D eigenvalue weighted by Gasteiger charge is 2.20. The number of carbonyl (C=O) groups is 1. The summed E-state index contributed by atoms with van der Waals surface area (Å²) in [4.78, 5) is 20.7. The minimum absolute atomic E-state index is 0.125. The average Bonchev–Trinajstić information content (AvgIpc) is 2.86. The van der Waals surface area contributed by atoms with E-state index in [1.54, 1.807) is 0 Å². The molecule has 0 aliphatic heterocycles. The fourth-order valence-electron chi connectivity index (χ4n) is 1.49. The maximum atomic E-state index is 12.1. The Morgan fingerprint density at radius 3 is 2.48 bits per heavy atom. The van der Waals surface area contributed by atoms with Crippen LogP contribution in [0.3, 0.4) is 0 Å². The van der Waals surface area contributed by atoms with E-state index in [4.69, 9.17) is 5.73 Å². The van der Waals surface area contributed by atoms with Crippen LogP contribution in [0.25, 0.3) is 0 Å². The summed E-state index contributed by atoms with van der Waals surface area (Å²) in [6.45, 7) is 0. The van der Waals surface area contributed by atoms with Crippen molar-refractivity contribution in [3.05, 3.63) is 46.1 Å². The number of sulfonamides is 1. The van der Waals surface area contributed by atoms with Gasteiger partial charge in [0.25, 0.3) is 21.6 Å². The molecule has 110 valence electrons. The first-order valence-electron chi connectivity index (χ1n) is 5.41. The molecule has 4 N–H and O–H groups in total. The standard InChI is InChI=1S/C10H9N5O5S/c11-9(16)8-5-12-13-10(8)14-21(19,20)7-3-1-6(2-4-7)15(17)18/h1-5H,(H2,11,16)(H2,12,13,14). The molecule has 0 fully saturated rings. The monoisotopic (exact) mass is 311 g/mol. The highest BCUT2D eigenvalue weighted by atomic mass is 32.2. The molecule has 1 heterocycles. The number of rotatable bonds is 5. The minimum Gasteiger partial charge on any atom is -0.365 e. The Morgan fingerprint density at radius 1 is 1.33 bits per heavy atom. The number of anilines is 1. The largest absolute Gasteiger partial charge is 0.365 e. The van der Waals surface area contributed by atoms with Gasteiger partial charge in [-0.05, 0) is 12.1 Å². The number of carbonyl (C=O) groups excluding carboxylic acids is 1. The number of nitrogens with two attached hydrogens (primary N) is 1. The molecule has 0 spiro atoms. The molecule has 0 atom stereocenters. The fraction of sp³-hybridized carbons (Fsp3) is 0. The Hall–Kier alpha value is -2.95. The Labute approximate surface area is 118 Å². The quantitative estimate of drug-likeness (QED) is 0.528. The average molecular weight is 311 g/mol. The van der Waals surface area contributed by atoms with Gasteiger partial charge in [-0.1, -0.05) is 0 Å². The fourth-order valence-corrected chi connectivity index (χ4v) is 2.53. The van der Waals surface area contributed by atoms with Crippen LogP contribution in [-0.2, 0) is 10.0 Å². The zero-order valence-corrected chi connectivity index (χ0v) is 11.1. The molecular formula is C10H9N5O5S. The lowest BCUT2D eigenvalue weighted by molar-refractivity contribution is -0.384. The molecule has 1 amide bonds. The van der Waals surface area contributed by atoms with Gasteiger partial charge in [-0.25, -0.2) is 8.42 Å². The summed E-state index contributed by atoms with van der Waals surface area (Å²) >= 11 is 0. The van der Waals surface area contributed by atoms with Gasteiger partial charge in [-0.3, -0.25) is 24.7 Å². The van der Waals surface area contributed by atoms with Crippen molar-refractivity contribution in [3.63, 3.8) is 0 Å². The molecule has 21 heavy (non-hydrogen) atoms. The van der Waals surface area contributed by atoms with Gasteiger partial charge in [-0.15, -0.1) is 0 Å². The molecule has 0 saturated carbocycles. The second-order valence-electron chi connectivity index (χ2n) is 3.88. The summed E-state index contributed by atoms with van der Waals surface area (Å²) in [5, 5.41) is 16.3. The Morgan fingerprint density at radius 2 is 1.95 bits per heavy atom. The number of hydrogen-bond donors (Lipinski definition) is 3. The minimum atomic E-state index is -4.03. The molecule has 1 aromatic carbocycles. The van der Waals surface area contributed by atoms with Crippen molar-refractivity contribution < 1.29 is 18.1 Å². The lowest BCUT2D eigenvalue weighted by atomic mass is 10.3. The zero-order valence-electron chi connectivity index (χ0n) is 10.3. The van der Waals surface area contributed by atoms with Crippen LogP contribution in [0.15, 0.2) is 35.4 Å². The van der Waals surface area contributed by atoms with E-state index in [9.17, 15) is 23.3 Å². The van der Waals surface area contributed by atoms with Crippen LogP contribution in [-0.4, -0.2) is 29.4 Å². The topological polar surface area (TPSA) is 161 Å². The van der Waals surface area contributed by atoms with E-state index in [0.29, 0.717) is 0 Å². The Balaban J connectivity index is 2.32. The number of nitro benzene ring substituents is 1. The third-order valence-electron chi connectivity index (χ3n) is 2.50.